The smallest absolute Gasteiger partial charge is 0.351 e. The number of nitrogens with one attached hydrogen (secondary N) is 1. The highest BCUT2D eigenvalue weighted by Crippen LogP contribution is 2.34. The molecule has 0 aliphatic carbocycles. The summed E-state index contributed by atoms with van der Waals surface area (Å²) in [6.07, 6.45) is 4.48. The molecule has 1 atom stereocenters. The van der Waals surface area contributed by atoms with Gasteiger partial charge >= 0.3 is 5.69 Å². The Labute approximate surface area is 123 Å². The Hall–Kier alpha value is -1.96. The van der Waals surface area contributed by atoms with E-state index in [0.717, 1.165) is 32.4 Å². The van der Waals surface area contributed by atoms with E-state index in [1.165, 1.54) is 6.33 Å². The molecule has 116 valence electrons. The van der Waals surface area contributed by atoms with Crippen LogP contribution in [0.15, 0.2) is 6.33 Å². The minimum atomic E-state index is -0.477. The maximum absolute atomic E-state index is 11.3. The van der Waals surface area contributed by atoms with E-state index < -0.39 is 4.92 Å². The van der Waals surface area contributed by atoms with Crippen molar-refractivity contribution in [2.75, 3.05) is 23.4 Å². The van der Waals surface area contributed by atoms with Gasteiger partial charge in [-0.3, -0.25) is 10.1 Å². The molecule has 2 heterocycles. The molecule has 1 aliphatic heterocycles. The fourth-order valence-corrected chi connectivity index (χ4v) is 2.88. The van der Waals surface area contributed by atoms with Crippen LogP contribution in [0.2, 0.25) is 0 Å². The Morgan fingerprint density at radius 1 is 1.43 bits per heavy atom. The number of nitrogens with zero attached hydrogens (tertiary/aromatic N) is 4. The van der Waals surface area contributed by atoms with Gasteiger partial charge in [0.1, 0.15) is 6.33 Å². The Bertz CT molecular complexity index is 507. The lowest BCUT2D eigenvalue weighted by atomic mass is 9.89. The van der Waals surface area contributed by atoms with Crippen LogP contribution in [0.5, 0.6) is 0 Å². The van der Waals surface area contributed by atoms with Crippen molar-refractivity contribution in [2.45, 2.75) is 33.1 Å². The molecule has 0 spiro atoms. The summed E-state index contributed by atoms with van der Waals surface area (Å²) in [4.78, 5) is 20.8. The number of nitrogens with two attached hydrogens (primary N) is 1. The molecule has 0 radical (unpaired) electrons. The maximum atomic E-state index is 11.3. The van der Waals surface area contributed by atoms with Crippen LogP contribution in [-0.4, -0.2) is 28.0 Å². The van der Waals surface area contributed by atoms with Gasteiger partial charge in [0.15, 0.2) is 0 Å². The molecule has 1 fully saturated rings. The predicted octanol–water partition coefficient (Wildman–Crippen LogP) is 1.93. The molecule has 1 unspecified atom stereocenters. The number of hydrogen-bond donors (Lipinski definition) is 2. The van der Waals surface area contributed by atoms with Gasteiger partial charge in [0.25, 0.3) is 0 Å². The van der Waals surface area contributed by atoms with E-state index in [4.69, 9.17) is 5.84 Å². The van der Waals surface area contributed by atoms with Gasteiger partial charge in [-0.05, 0) is 31.1 Å². The second-order valence-corrected chi connectivity index (χ2v) is 5.72. The standard InChI is InChI=1S/C13H22N6O2/c1-9(2)10-4-3-6-18(7-5-10)13-11(19(20)21)12(17-14)15-8-16-13/h8-10H,3-7,14H2,1-2H3,(H,15,16,17). The van der Waals surface area contributed by atoms with Gasteiger partial charge < -0.3 is 10.3 Å². The number of hydrogen-bond acceptors (Lipinski definition) is 7. The first-order chi connectivity index (χ1) is 10.0. The zero-order valence-corrected chi connectivity index (χ0v) is 12.5. The van der Waals surface area contributed by atoms with Crippen LogP contribution in [0.3, 0.4) is 0 Å². The maximum Gasteiger partial charge on any atom is 0.354 e. The highest BCUT2D eigenvalue weighted by Gasteiger charge is 2.28. The van der Waals surface area contributed by atoms with Crippen LogP contribution >= 0.6 is 0 Å². The Kier molecular flexibility index (Phi) is 4.89. The molecule has 8 nitrogen and oxygen atoms in total. The molecule has 0 saturated carbocycles. The van der Waals surface area contributed by atoms with Crippen LogP contribution < -0.4 is 16.2 Å². The summed E-state index contributed by atoms with van der Waals surface area (Å²) in [7, 11) is 0. The van der Waals surface area contributed by atoms with E-state index in [9.17, 15) is 10.1 Å². The summed E-state index contributed by atoms with van der Waals surface area (Å²) >= 11 is 0. The van der Waals surface area contributed by atoms with Crippen molar-refractivity contribution in [1.29, 1.82) is 0 Å². The molecule has 1 saturated heterocycles. The molecule has 0 bridgehead atoms. The first-order valence-corrected chi connectivity index (χ1v) is 7.25. The Morgan fingerprint density at radius 3 is 2.81 bits per heavy atom. The van der Waals surface area contributed by atoms with Gasteiger partial charge in [-0.15, -0.1) is 0 Å². The fraction of sp³-hybridized carbons (Fsp3) is 0.692. The van der Waals surface area contributed by atoms with E-state index in [1.54, 1.807) is 0 Å². The molecule has 2 rings (SSSR count). The van der Waals surface area contributed by atoms with Crippen LogP contribution in [-0.2, 0) is 0 Å². The van der Waals surface area contributed by atoms with Crippen LogP contribution in [0.1, 0.15) is 33.1 Å². The number of anilines is 2. The van der Waals surface area contributed by atoms with Crippen molar-refractivity contribution in [3.8, 4) is 0 Å². The average molecular weight is 294 g/mol. The lowest BCUT2D eigenvalue weighted by Gasteiger charge is -2.22. The van der Waals surface area contributed by atoms with E-state index in [2.05, 4.69) is 29.2 Å². The highest BCUT2D eigenvalue weighted by molar-refractivity contribution is 5.69. The fourth-order valence-electron chi connectivity index (χ4n) is 2.88. The summed E-state index contributed by atoms with van der Waals surface area (Å²) in [5, 5.41) is 11.3. The zero-order chi connectivity index (χ0) is 15.4. The third-order valence-corrected chi connectivity index (χ3v) is 4.14. The minimum Gasteiger partial charge on any atom is -0.351 e. The second kappa shape index (κ2) is 6.66. The molecule has 1 aromatic heterocycles. The second-order valence-electron chi connectivity index (χ2n) is 5.72. The normalized spacial score (nSPS) is 19.4. The summed E-state index contributed by atoms with van der Waals surface area (Å²) in [6.45, 7) is 5.99. The van der Waals surface area contributed by atoms with Crippen LogP contribution in [0.4, 0.5) is 17.3 Å². The number of nitrogen functional groups attached to an aromatic ring is 1. The van der Waals surface area contributed by atoms with E-state index in [1.807, 2.05) is 4.90 Å². The average Bonchev–Trinajstić information content (AvgIpc) is 2.72. The summed E-state index contributed by atoms with van der Waals surface area (Å²) in [5.74, 6) is 7.01. The monoisotopic (exact) mass is 294 g/mol. The van der Waals surface area contributed by atoms with Gasteiger partial charge in [-0.25, -0.2) is 15.8 Å². The number of hydrazine groups is 1. The van der Waals surface area contributed by atoms with Gasteiger partial charge in [0.05, 0.1) is 4.92 Å². The molecule has 0 amide bonds. The number of nitro groups is 1. The molecule has 3 N–H and O–H groups in total. The van der Waals surface area contributed by atoms with Crippen molar-refractivity contribution < 1.29 is 4.92 Å². The molecular formula is C13H22N6O2. The molecule has 0 aromatic carbocycles. The van der Waals surface area contributed by atoms with E-state index in [-0.39, 0.29) is 11.5 Å². The van der Waals surface area contributed by atoms with Gasteiger partial charge in [-0.2, -0.15) is 0 Å². The van der Waals surface area contributed by atoms with E-state index >= 15 is 0 Å². The van der Waals surface area contributed by atoms with Crippen molar-refractivity contribution in [3.05, 3.63) is 16.4 Å². The minimum absolute atomic E-state index is 0.0506. The first-order valence-electron chi connectivity index (χ1n) is 7.25. The zero-order valence-electron chi connectivity index (χ0n) is 12.5. The molecule has 1 aliphatic rings. The predicted molar refractivity (Wildman–Crippen MR) is 80.9 cm³/mol. The van der Waals surface area contributed by atoms with E-state index in [0.29, 0.717) is 17.7 Å². The third-order valence-electron chi connectivity index (χ3n) is 4.14. The number of rotatable bonds is 4. The van der Waals surface area contributed by atoms with Crippen LogP contribution in [0, 0.1) is 22.0 Å². The molecule has 21 heavy (non-hydrogen) atoms. The van der Waals surface area contributed by atoms with Gasteiger partial charge in [0.2, 0.25) is 11.6 Å². The van der Waals surface area contributed by atoms with Gasteiger partial charge in [-0.1, -0.05) is 13.8 Å². The van der Waals surface area contributed by atoms with Crippen molar-refractivity contribution >= 4 is 17.3 Å². The summed E-state index contributed by atoms with van der Waals surface area (Å²) in [5.41, 5.74) is 2.13. The highest BCUT2D eigenvalue weighted by atomic mass is 16.6. The summed E-state index contributed by atoms with van der Waals surface area (Å²) in [6, 6.07) is 0. The lowest BCUT2D eigenvalue weighted by molar-refractivity contribution is -0.383. The first kappa shape index (κ1) is 15.4. The summed E-state index contributed by atoms with van der Waals surface area (Å²) < 4.78 is 0. The van der Waals surface area contributed by atoms with Gasteiger partial charge in [0, 0.05) is 13.1 Å². The lowest BCUT2D eigenvalue weighted by Crippen LogP contribution is -2.27. The van der Waals surface area contributed by atoms with Crippen LogP contribution in [0.25, 0.3) is 0 Å². The van der Waals surface area contributed by atoms with Crippen molar-refractivity contribution in [1.82, 2.24) is 9.97 Å². The number of aromatic nitrogens is 2. The molecular weight excluding hydrogens is 272 g/mol. The van der Waals surface area contributed by atoms with Crippen molar-refractivity contribution in [3.63, 3.8) is 0 Å². The Morgan fingerprint density at radius 2 is 2.19 bits per heavy atom. The SMILES string of the molecule is CC(C)C1CCCN(c2ncnc(NN)c2[N+](=O)[O-])CC1. The largest absolute Gasteiger partial charge is 0.354 e. The molecule has 8 heteroatoms. The van der Waals surface area contributed by atoms with Crippen molar-refractivity contribution in [2.24, 2.45) is 17.7 Å². The Balaban J connectivity index is 2.27. The third kappa shape index (κ3) is 3.38. The molecule has 1 aromatic rings. The topological polar surface area (TPSA) is 110 Å². The quantitative estimate of drug-likeness (QED) is 0.496.